The Labute approximate surface area is 194 Å². The largest absolute Gasteiger partial charge is 0.432 e. The van der Waals surface area contributed by atoms with E-state index in [9.17, 15) is 26.3 Å². The Balaban J connectivity index is 2.05. The summed E-state index contributed by atoms with van der Waals surface area (Å²) in [6, 6.07) is 9.50. The molecule has 33 heavy (non-hydrogen) atoms. The van der Waals surface area contributed by atoms with Gasteiger partial charge in [-0.15, -0.1) is 23.1 Å². The first-order valence-corrected chi connectivity index (χ1v) is 11.4. The number of hydrogen-bond donors (Lipinski definition) is 2. The van der Waals surface area contributed by atoms with E-state index in [0.29, 0.717) is 11.0 Å². The molecule has 3 nitrogen and oxygen atoms in total. The zero-order chi connectivity index (χ0) is 24.4. The number of allylic oxidation sites excluding steroid dienone is 1. The van der Waals surface area contributed by atoms with E-state index in [1.165, 1.54) is 30.0 Å². The molecule has 2 aromatic heterocycles. The van der Waals surface area contributed by atoms with Gasteiger partial charge in [-0.05, 0) is 55.2 Å². The maximum absolute atomic E-state index is 13.4. The molecule has 174 valence electrons. The molecule has 0 aliphatic rings. The van der Waals surface area contributed by atoms with Crippen LogP contribution in [0.1, 0.15) is 16.0 Å². The van der Waals surface area contributed by atoms with Crippen molar-refractivity contribution in [1.29, 1.82) is 5.41 Å². The molecule has 0 radical (unpaired) electrons. The minimum absolute atomic E-state index is 0.238. The molecule has 0 atom stereocenters. The Hall–Kier alpha value is -2.79. The van der Waals surface area contributed by atoms with Gasteiger partial charge in [-0.25, -0.2) is 4.98 Å². The van der Waals surface area contributed by atoms with Crippen molar-refractivity contribution in [2.75, 3.05) is 11.6 Å². The van der Waals surface area contributed by atoms with Gasteiger partial charge in [0.05, 0.1) is 26.9 Å². The lowest BCUT2D eigenvalue weighted by Crippen LogP contribution is -2.20. The number of pyridine rings is 1. The van der Waals surface area contributed by atoms with Crippen molar-refractivity contribution in [2.24, 2.45) is 0 Å². The molecule has 0 unspecified atom stereocenters. The van der Waals surface area contributed by atoms with Crippen LogP contribution in [0.4, 0.5) is 32.0 Å². The number of thiophene rings is 1. The second-order valence-corrected chi connectivity index (χ2v) is 8.73. The summed E-state index contributed by atoms with van der Waals surface area (Å²) in [4.78, 5) is 5.25. The highest BCUT2D eigenvalue weighted by molar-refractivity contribution is 7.98. The molecule has 11 heteroatoms. The lowest BCUT2D eigenvalue weighted by molar-refractivity contribution is -0.136. The molecule has 3 rings (SSSR count). The highest BCUT2D eigenvalue weighted by Gasteiger charge is 2.35. The van der Waals surface area contributed by atoms with Gasteiger partial charge in [-0.1, -0.05) is 12.1 Å². The summed E-state index contributed by atoms with van der Waals surface area (Å²) < 4.78 is 79.3. The van der Waals surface area contributed by atoms with Crippen LogP contribution < -0.4 is 5.32 Å². The van der Waals surface area contributed by atoms with Crippen LogP contribution >= 0.6 is 23.1 Å². The number of rotatable bonds is 6. The number of thioether (sulfide) groups is 1. The minimum Gasteiger partial charge on any atom is -0.354 e. The normalized spacial score (nSPS) is 12.7. The van der Waals surface area contributed by atoms with Crippen LogP contribution in [-0.2, 0) is 6.18 Å². The van der Waals surface area contributed by atoms with Gasteiger partial charge in [0.15, 0.2) is 0 Å². The molecule has 0 saturated carbocycles. The zero-order valence-corrected chi connectivity index (χ0v) is 18.9. The number of halogens is 6. The number of nitrogens with one attached hydrogen (secondary N) is 2. The number of para-hydroxylation sites is 1. The Kier molecular flexibility index (Phi) is 7.23. The molecule has 2 heterocycles. The van der Waals surface area contributed by atoms with Crippen LogP contribution in [0.3, 0.4) is 0 Å². The average molecular weight is 502 g/mol. The fourth-order valence-electron chi connectivity index (χ4n) is 2.93. The Bertz CT molecular complexity index is 1200. The predicted octanol–water partition coefficient (Wildman–Crippen LogP) is 7.89. The third kappa shape index (κ3) is 5.97. The molecule has 2 N–H and O–H groups in total. The molecular formula is C22H17F6N3S2. The summed E-state index contributed by atoms with van der Waals surface area (Å²) in [5, 5.41) is 10.6. The van der Waals surface area contributed by atoms with Gasteiger partial charge < -0.3 is 5.32 Å². The maximum atomic E-state index is 13.4. The van der Waals surface area contributed by atoms with Gasteiger partial charge in [0.2, 0.25) is 0 Å². The van der Waals surface area contributed by atoms with Crippen molar-refractivity contribution < 1.29 is 26.3 Å². The molecular weight excluding hydrogens is 484 g/mol. The van der Waals surface area contributed by atoms with Gasteiger partial charge >= 0.3 is 12.4 Å². The van der Waals surface area contributed by atoms with Crippen LogP contribution in [0.2, 0.25) is 0 Å². The van der Waals surface area contributed by atoms with E-state index >= 15 is 0 Å². The summed E-state index contributed by atoms with van der Waals surface area (Å²) in [7, 11) is 0. The standard InChI is InChI=1S/C22H17F6N3S2/c1-12-9-13(11-30-20(12)32-2)17-7-8-18(33-17)16(10-19(29)22(26,27)28)31-15-6-4-3-5-14(15)21(23,24)25/h3-11,29,31H,1-2H3/b16-10-,29-19?. The van der Waals surface area contributed by atoms with E-state index < -0.39 is 29.3 Å². The molecule has 0 aliphatic heterocycles. The minimum atomic E-state index is -4.95. The lowest BCUT2D eigenvalue weighted by atomic mass is 10.1. The fourth-order valence-corrected chi connectivity index (χ4v) is 4.43. The molecule has 0 amide bonds. The van der Waals surface area contributed by atoms with E-state index in [2.05, 4.69) is 10.3 Å². The molecule has 1 aromatic carbocycles. The van der Waals surface area contributed by atoms with Crippen molar-refractivity contribution >= 4 is 40.2 Å². The number of benzene rings is 1. The summed E-state index contributed by atoms with van der Waals surface area (Å²) in [6.45, 7) is 1.88. The zero-order valence-electron chi connectivity index (χ0n) is 17.2. The Morgan fingerprint density at radius 3 is 2.39 bits per heavy atom. The quantitative estimate of drug-likeness (QED) is 0.205. The van der Waals surface area contributed by atoms with Gasteiger partial charge in [0.25, 0.3) is 0 Å². The van der Waals surface area contributed by atoms with Crippen LogP contribution in [0, 0.1) is 12.3 Å². The van der Waals surface area contributed by atoms with Crippen LogP contribution in [-0.4, -0.2) is 23.1 Å². The maximum Gasteiger partial charge on any atom is 0.432 e. The first-order valence-electron chi connectivity index (χ1n) is 9.32. The summed E-state index contributed by atoms with van der Waals surface area (Å²) in [5.41, 5.74) is -1.76. The van der Waals surface area contributed by atoms with Crippen LogP contribution in [0.25, 0.3) is 16.1 Å². The third-order valence-electron chi connectivity index (χ3n) is 4.48. The Morgan fingerprint density at radius 1 is 1.09 bits per heavy atom. The average Bonchev–Trinajstić information content (AvgIpc) is 3.22. The molecule has 0 saturated heterocycles. The first-order chi connectivity index (χ1) is 15.4. The van der Waals surface area contributed by atoms with Gasteiger partial charge in [0, 0.05) is 16.6 Å². The van der Waals surface area contributed by atoms with Crippen LogP contribution in [0.15, 0.2) is 59.8 Å². The summed E-state index contributed by atoms with van der Waals surface area (Å²) in [6.07, 6.45) is -5.67. The first kappa shape index (κ1) is 24.8. The van der Waals surface area contributed by atoms with Gasteiger partial charge in [-0.3, -0.25) is 5.41 Å². The number of hydrogen-bond acceptors (Lipinski definition) is 5. The van der Waals surface area contributed by atoms with Crippen molar-refractivity contribution in [3.63, 3.8) is 0 Å². The van der Waals surface area contributed by atoms with Crippen molar-refractivity contribution in [3.8, 4) is 10.4 Å². The second kappa shape index (κ2) is 9.60. The second-order valence-electron chi connectivity index (χ2n) is 6.85. The lowest BCUT2D eigenvalue weighted by Gasteiger charge is -2.16. The topological polar surface area (TPSA) is 48.8 Å². The van der Waals surface area contributed by atoms with Crippen molar-refractivity contribution in [2.45, 2.75) is 24.3 Å². The number of nitrogens with zero attached hydrogens (tertiary/aromatic N) is 1. The third-order valence-corrected chi connectivity index (χ3v) is 6.46. The highest BCUT2D eigenvalue weighted by Crippen LogP contribution is 2.38. The SMILES string of the molecule is CSc1ncc(-c2ccc(/C(=C/C(=N)C(F)(F)F)Nc3ccccc3C(F)(F)F)s2)cc1C. The van der Waals surface area contributed by atoms with E-state index in [4.69, 9.17) is 5.41 Å². The van der Waals surface area contributed by atoms with Crippen molar-refractivity contribution in [3.05, 3.63) is 70.7 Å². The van der Waals surface area contributed by atoms with E-state index in [0.717, 1.165) is 39.6 Å². The predicted molar refractivity (Wildman–Crippen MR) is 121 cm³/mol. The molecule has 0 fully saturated rings. The number of anilines is 1. The van der Waals surface area contributed by atoms with Gasteiger partial charge in [-0.2, -0.15) is 26.3 Å². The fraction of sp³-hybridized carbons (Fsp3) is 0.182. The molecule has 3 aromatic rings. The van der Waals surface area contributed by atoms with E-state index in [1.807, 2.05) is 19.2 Å². The van der Waals surface area contributed by atoms with Crippen LogP contribution in [0.5, 0.6) is 0 Å². The van der Waals surface area contributed by atoms with E-state index in [1.54, 1.807) is 12.3 Å². The van der Waals surface area contributed by atoms with Crippen molar-refractivity contribution in [1.82, 2.24) is 4.98 Å². The molecule has 0 spiro atoms. The number of alkyl halides is 6. The highest BCUT2D eigenvalue weighted by atomic mass is 32.2. The molecule has 0 aliphatic carbocycles. The number of aromatic nitrogens is 1. The number of aryl methyl sites for hydroxylation is 1. The monoisotopic (exact) mass is 501 g/mol. The van der Waals surface area contributed by atoms with E-state index in [-0.39, 0.29) is 10.6 Å². The van der Waals surface area contributed by atoms with Gasteiger partial charge in [0.1, 0.15) is 5.71 Å². The summed E-state index contributed by atoms with van der Waals surface area (Å²) in [5.74, 6) is 0. The summed E-state index contributed by atoms with van der Waals surface area (Å²) >= 11 is 2.55. The Morgan fingerprint density at radius 2 is 1.79 bits per heavy atom. The smallest absolute Gasteiger partial charge is 0.354 e. The molecule has 0 bridgehead atoms.